The van der Waals surface area contributed by atoms with Crippen molar-refractivity contribution in [1.82, 2.24) is 0 Å². The lowest BCUT2D eigenvalue weighted by Gasteiger charge is -2.20. The number of rotatable bonds is 6. The fourth-order valence-corrected chi connectivity index (χ4v) is 0.728. The molecule has 0 aliphatic carbocycles. The Morgan fingerprint density at radius 3 is 2.67 bits per heavy atom. The molecule has 0 rings (SSSR count). The molecule has 0 amide bonds. The van der Waals surface area contributed by atoms with Crippen molar-refractivity contribution in [3.63, 3.8) is 0 Å². The maximum absolute atomic E-state index is 9.64. The molecule has 0 saturated carbocycles. The van der Waals surface area contributed by atoms with Gasteiger partial charge in [0.15, 0.2) is 5.60 Å². The van der Waals surface area contributed by atoms with Crippen LogP contribution < -0.4 is 0 Å². The Kier molecular flexibility index (Phi) is 5.73. The van der Waals surface area contributed by atoms with E-state index in [0.29, 0.717) is 19.6 Å². The second-order valence-electron chi connectivity index (χ2n) is 2.56. The Morgan fingerprint density at radius 2 is 2.25 bits per heavy atom. The molecular formula is C9H16O3. The van der Waals surface area contributed by atoms with Crippen molar-refractivity contribution in [1.29, 1.82) is 0 Å². The van der Waals surface area contributed by atoms with E-state index in [1.54, 1.807) is 7.11 Å². The smallest absolute Gasteiger partial charge is 0.150 e. The van der Waals surface area contributed by atoms with Crippen molar-refractivity contribution in [3.05, 3.63) is 0 Å². The van der Waals surface area contributed by atoms with E-state index in [9.17, 15) is 5.11 Å². The molecule has 1 unspecified atom stereocenters. The number of hydrogen-bond acceptors (Lipinski definition) is 3. The van der Waals surface area contributed by atoms with Crippen LogP contribution in [-0.4, -0.2) is 37.6 Å². The molecule has 0 radical (unpaired) electrons. The summed E-state index contributed by atoms with van der Waals surface area (Å²) in [5, 5.41) is 9.64. The first-order valence-corrected chi connectivity index (χ1v) is 3.95. The van der Waals surface area contributed by atoms with Gasteiger partial charge in [0.25, 0.3) is 0 Å². The summed E-state index contributed by atoms with van der Waals surface area (Å²) >= 11 is 0. The van der Waals surface area contributed by atoms with E-state index < -0.39 is 5.60 Å². The largest absolute Gasteiger partial charge is 0.385 e. The molecule has 0 aromatic carbocycles. The minimum atomic E-state index is -1.17. The van der Waals surface area contributed by atoms with Crippen molar-refractivity contribution in [2.75, 3.05) is 26.9 Å². The van der Waals surface area contributed by atoms with Crippen LogP contribution in [0.1, 0.15) is 13.3 Å². The molecule has 1 N–H and O–H groups in total. The lowest BCUT2D eigenvalue weighted by molar-refractivity contribution is -0.0203. The standard InChI is InChI=1S/C9H16O3/c1-4-9(10,6-7-11-3)8-12-5-2/h1,10H,5-8H2,2-3H3. The summed E-state index contributed by atoms with van der Waals surface area (Å²) in [6, 6.07) is 0. The SMILES string of the molecule is C#CC(O)(CCOC)COCC. The highest BCUT2D eigenvalue weighted by Crippen LogP contribution is 2.09. The zero-order chi connectivity index (χ0) is 9.45. The van der Waals surface area contributed by atoms with Gasteiger partial charge in [0, 0.05) is 26.7 Å². The summed E-state index contributed by atoms with van der Waals surface area (Å²) in [6.45, 7) is 3.02. The number of methoxy groups -OCH3 is 1. The number of ether oxygens (including phenoxy) is 2. The van der Waals surface area contributed by atoms with Crippen LogP contribution in [0.25, 0.3) is 0 Å². The van der Waals surface area contributed by atoms with Gasteiger partial charge < -0.3 is 14.6 Å². The molecule has 3 heteroatoms. The van der Waals surface area contributed by atoms with E-state index in [4.69, 9.17) is 15.9 Å². The number of aliphatic hydroxyl groups is 1. The van der Waals surface area contributed by atoms with Gasteiger partial charge in [0.1, 0.15) is 0 Å². The van der Waals surface area contributed by atoms with E-state index in [1.807, 2.05) is 6.92 Å². The van der Waals surface area contributed by atoms with Gasteiger partial charge in [-0.2, -0.15) is 0 Å². The molecule has 0 fully saturated rings. The summed E-state index contributed by atoms with van der Waals surface area (Å²) in [4.78, 5) is 0. The van der Waals surface area contributed by atoms with E-state index >= 15 is 0 Å². The van der Waals surface area contributed by atoms with Crippen LogP contribution in [0.4, 0.5) is 0 Å². The molecule has 1 atom stereocenters. The molecular weight excluding hydrogens is 156 g/mol. The van der Waals surface area contributed by atoms with E-state index in [1.165, 1.54) is 0 Å². The second-order valence-corrected chi connectivity index (χ2v) is 2.56. The maximum Gasteiger partial charge on any atom is 0.150 e. The fraction of sp³-hybridized carbons (Fsp3) is 0.778. The number of hydrogen-bond donors (Lipinski definition) is 1. The first-order chi connectivity index (χ1) is 5.68. The Morgan fingerprint density at radius 1 is 1.58 bits per heavy atom. The first-order valence-electron chi connectivity index (χ1n) is 3.95. The molecule has 0 bridgehead atoms. The molecule has 0 aromatic rings. The van der Waals surface area contributed by atoms with Gasteiger partial charge >= 0.3 is 0 Å². The van der Waals surface area contributed by atoms with Crippen molar-refractivity contribution in [2.45, 2.75) is 18.9 Å². The first kappa shape index (κ1) is 11.4. The fourth-order valence-electron chi connectivity index (χ4n) is 0.728. The number of terminal acetylenes is 1. The molecule has 0 aliphatic heterocycles. The van der Waals surface area contributed by atoms with E-state index in [2.05, 4.69) is 5.92 Å². The lowest BCUT2D eigenvalue weighted by Crippen LogP contribution is -2.34. The van der Waals surface area contributed by atoms with Crippen LogP contribution in [0.3, 0.4) is 0 Å². The molecule has 70 valence electrons. The van der Waals surface area contributed by atoms with Crippen LogP contribution in [-0.2, 0) is 9.47 Å². The Labute approximate surface area is 73.7 Å². The summed E-state index contributed by atoms with van der Waals surface area (Å²) < 4.78 is 9.85. The Balaban J connectivity index is 3.81. The van der Waals surface area contributed by atoms with Gasteiger partial charge in [-0.25, -0.2) is 0 Å². The highest BCUT2D eigenvalue weighted by Gasteiger charge is 2.23. The van der Waals surface area contributed by atoms with Crippen molar-refractivity contribution < 1.29 is 14.6 Å². The highest BCUT2D eigenvalue weighted by atomic mass is 16.5. The summed E-state index contributed by atoms with van der Waals surface area (Å²) in [7, 11) is 1.57. The van der Waals surface area contributed by atoms with Crippen LogP contribution in [0.5, 0.6) is 0 Å². The minimum Gasteiger partial charge on any atom is -0.385 e. The third-order valence-corrected chi connectivity index (χ3v) is 1.53. The zero-order valence-corrected chi connectivity index (χ0v) is 7.67. The van der Waals surface area contributed by atoms with Crippen molar-refractivity contribution in [2.24, 2.45) is 0 Å². The van der Waals surface area contributed by atoms with Gasteiger partial charge in [0.05, 0.1) is 6.61 Å². The molecule has 0 aromatic heterocycles. The predicted octanol–water partition coefficient (Wildman–Crippen LogP) is 0.424. The maximum atomic E-state index is 9.64. The van der Waals surface area contributed by atoms with Crippen molar-refractivity contribution >= 4 is 0 Å². The van der Waals surface area contributed by atoms with Gasteiger partial charge in [-0.05, 0) is 6.92 Å². The third kappa shape index (κ3) is 4.35. The van der Waals surface area contributed by atoms with Gasteiger partial charge in [0.2, 0.25) is 0 Å². The Bertz CT molecular complexity index is 140. The summed E-state index contributed by atoms with van der Waals surface area (Å²) in [5.41, 5.74) is -1.17. The predicted molar refractivity (Wildman–Crippen MR) is 46.8 cm³/mol. The molecule has 0 aliphatic rings. The molecule has 0 heterocycles. The quantitative estimate of drug-likeness (QED) is 0.590. The average molecular weight is 172 g/mol. The highest BCUT2D eigenvalue weighted by molar-refractivity contribution is 5.07. The monoisotopic (exact) mass is 172 g/mol. The zero-order valence-electron chi connectivity index (χ0n) is 7.67. The molecule has 12 heavy (non-hydrogen) atoms. The minimum absolute atomic E-state index is 0.170. The topological polar surface area (TPSA) is 38.7 Å². The van der Waals surface area contributed by atoms with Crippen LogP contribution in [0.15, 0.2) is 0 Å². The van der Waals surface area contributed by atoms with E-state index in [-0.39, 0.29) is 6.61 Å². The van der Waals surface area contributed by atoms with Gasteiger partial charge in [-0.15, -0.1) is 6.42 Å². The van der Waals surface area contributed by atoms with Crippen molar-refractivity contribution in [3.8, 4) is 12.3 Å². The third-order valence-electron chi connectivity index (χ3n) is 1.53. The average Bonchev–Trinajstić information content (AvgIpc) is 2.11. The lowest BCUT2D eigenvalue weighted by atomic mass is 10.0. The normalized spacial score (nSPS) is 15.2. The van der Waals surface area contributed by atoms with Crippen LogP contribution in [0.2, 0.25) is 0 Å². The molecule has 3 nitrogen and oxygen atoms in total. The van der Waals surface area contributed by atoms with Gasteiger partial charge in [-0.1, -0.05) is 5.92 Å². The second kappa shape index (κ2) is 6.01. The molecule has 0 saturated heterocycles. The van der Waals surface area contributed by atoms with E-state index in [0.717, 1.165) is 0 Å². The molecule has 0 spiro atoms. The van der Waals surface area contributed by atoms with Crippen LogP contribution >= 0.6 is 0 Å². The van der Waals surface area contributed by atoms with Crippen LogP contribution in [0, 0.1) is 12.3 Å². The summed E-state index contributed by atoms with van der Waals surface area (Å²) in [5.74, 6) is 2.30. The van der Waals surface area contributed by atoms with Gasteiger partial charge in [-0.3, -0.25) is 0 Å². The summed E-state index contributed by atoms with van der Waals surface area (Å²) in [6.07, 6.45) is 5.56. The Hall–Kier alpha value is -0.560.